The Labute approximate surface area is 148 Å². The van der Waals surface area contributed by atoms with Crippen LogP contribution in [0.5, 0.6) is 0 Å². The summed E-state index contributed by atoms with van der Waals surface area (Å²) in [5, 5.41) is 17.0. The minimum atomic E-state index is -0.0923. The third-order valence-corrected chi connectivity index (χ3v) is 4.76. The highest BCUT2D eigenvalue weighted by Gasteiger charge is 2.31. The third kappa shape index (κ3) is 3.50. The number of aromatic nitrogens is 4. The van der Waals surface area contributed by atoms with Crippen molar-refractivity contribution in [3.63, 3.8) is 0 Å². The van der Waals surface area contributed by atoms with E-state index in [0.717, 1.165) is 29.6 Å². The van der Waals surface area contributed by atoms with E-state index < -0.39 is 0 Å². The molecule has 0 radical (unpaired) electrons. The Morgan fingerprint density at radius 2 is 1.84 bits per heavy atom. The first-order valence-corrected chi connectivity index (χ1v) is 9.04. The summed E-state index contributed by atoms with van der Waals surface area (Å²) >= 11 is 0. The first kappa shape index (κ1) is 16.1. The summed E-state index contributed by atoms with van der Waals surface area (Å²) < 4.78 is 1.87. The number of nitrogens with one attached hydrogen (secondary N) is 1. The lowest BCUT2D eigenvalue weighted by Crippen LogP contribution is -2.26. The number of hydrogen-bond donors (Lipinski definition) is 1. The van der Waals surface area contributed by atoms with Gasteiger partial charge in [-0.05, 0) is 42.9 Å². The molecule has 1 unspecified atom stereocenters. The highest BCUT2D eigenvalue weighted by Crippen LogP contribution is 2.35. The smallest absolute Gasteiger partial charge is 0.178 e. The monoisotopic (exact) mass is 335 g/mol. The van der Waals surface area contributed by atoms with Gasteiger partial charge >= 0.3 is 0 Å². The van der Waals surface area contributed by atoms with Crippen molar-refractivity contribution in [1.82, 2.24) is 19.8 Å². The van der Waals surface area contributed by atoms with Gasteiger partial charge in [-0.25, -0.2) is 0 Å². The summed E-state index contributed by atoms with van der Waals surface area (Å²) in [7, 11) is 0. The number of rotatable bonds is 5. The predicted molar refractivity (Wildman–Crippen MR) is 99.8 cm³/mol. The van der Waals surface area contributed by atoms with E-state index in [1.54, 1.807) is 0 Å². The highest BCUT2D eigenvalue weighted by molar-refractivity contribution is 5.45. The Morgan fingerprint density at radius 3 is 2.52 bits per heavy atom. The Morgan fingerprint density at radius 1 is 1.08 bits per heavy atom. The van der Waals surface area contributed by atoms with Crippen molar-refractivity contribution in [2.45, 2.75) is 51.5 Å². The molecule has 5 nitrogen and oxygen atoms in total. The Bertz CT molecular complexity index is 859. The molecule has 2 aromatic heterocycles. The molecule has 130 valence electrons. The van der Waals surface area contributed by atoms with Crippen LogP contribution >= 0.6 is 0 Å². The minimum absolute atomic E-state index is 0.0923. The first-order chi connectivity index (χ1) is 12.0. The normalized spacial score (nSPS) is 16.1. The zero-order valence-corrected chi connectivity index (χ0v) is 15.1. The maximum absolute atomic E-state index is 4.77. The number of anilines is 1. The molecule has 0 aliphatic heterocycles. The molecule has 3 aromatic rings. The predicted octanol–water partition coefficient (Wildman–Crippen LogP) is 3.86. The lowest BCUT2D eigenvalue weighted by atomic mass is 9.96. The number of nitrogens with zero attached hydrogens (tertiary/aromatic N) is 4. The van der Waals surface area contributed by atoms with E-state index in [1.165, 1.54) is 18.4 Å². The topological polar surface area (TPSA) is 55.1 Å². The Hall–Kier alpha value is -2.43. The SMILES string of the molecule is CC(C)(C)c1nnc2ccc(NC(Cc3ccccc3)C3CC3)nn12. The van der Waals surface area contributed by atoms with Crippen LogP contribution in [0.2, 0.25) is 0 Å². The van der Waals surface area contributed by atoms with E-state index in [0.29, 0.717) is 6.04 Å². The van der Waals surface area contributed by atoms with Crippen molar-refractivity contribution in [2.24, 2.45) is 5.92 Å². The van der Waals surface area contributed by atoms with E-state index >= 15 is 0 Å². The molecule has 5 heteroatoms. The molecule has 1 aliphatic carbocycles. The summed E-state index contributed by atoms with van der Waals surface area (Å²) in [5.74, 6) is 2.52. The molecule has 1 fully saturated rings. The average molecular weight is 335 g/mol. The molecular formula is C20H25N5. The summed E-state index contributed by atoms with van der Waals surface area (Å²) in [5.41, 5.74) is 2.07. The zero-order valence-electron chi connectivity index (χ0n) is 15.1. The number of hydrogen-bond acceptors (Lipinski definition) is 4. The molecule has 0 spiro atoms. The van der Waals surface area contributed by atoms with Crippen molar-refractivity contribution in [2.75, 3.05) is 5.32 Å². The van der Waals surface area contributed by atoms with Crippen LogP contribution in [0.25, 0.3) is 5.65 Å². The van der Waals surface area contributed by atoms with Gasteiger partial charge in [-0.2, -0.15) is 4.52 Å². The molecule has 1 aliphatic rings. The fourth-order valence-corrected chi connectivity index (χ4v) is 3.23. The number of fused-ring (bicyclic) bond motifs is 1. The molecule has 2 heterocycles. The second-order valence-electron chi connectivity index (χ2n) is 8.04. The van der Waals surface area contributed by atoms with E-state index in [1.807, 2.05) is 16.6 Å². The molecule has 25 heavy (non-hydrogen) atoms. The van der Waals surface area contributed by atoms with Crippen LogP contribution in [-0.2, 0) is 11.8 Å². The second-order valence-corrected chi connectivity index (χ2v) is 8.04. The molecule has 0 saturated heterocycles. The summed E-state index contributed by atoms with van der Waals surface area (Å²) in [6.45, 7) is 6.40. The van der Waals surface area contributed by atoms with Crippen LogP contribution in [0, 0.1) is 5.92 Å². The second kappa shape index (κ2) is 6.14. The van der Waals surface area contributed by atoms with Crippen LogP contribution in [0.3, 0.4) is 0 Å². The number of benzene rings is 1. The molecule has 0 bridgehead atoms. The van der Waals surface area contributed by atoms with Crippen molar-refractivity contribution >= 4 is 11.5 Å². The van der Waals surface area contributed by atoms with Crippen LogP contribution in [0.4, 0.5) is 5.82 Å². The molecule has 0 amide bonds. The van der Waals surface area contributed by atoms with Crippen LogP contribution < -0.4 is 5.32 Å². The maximum atomic E-state index is 4.77. The van der Waals surface area contributed by atoms with E-state index in [2.05, 4.69) is 66.6 Å². The largest absolute Gasteiger partial charge is 0.365 e. The van der Waals surface area contributed by atoms with Crippen LogP contribution in [0.15, 0.2) is 42.5 Å². The fourth-order valence-electron chi connectivity index (χ4n) is 3.23. The molecule has 4 rings (SSSR count). The van der Waals surface area contributed by atoms with Crippen LogP contribution in [0.1, 0.15) is 45.0 Å². The summed E-state index contributed by atoms with van der Waals surface area (Å²) in [6.07, 6.45) is 3.62. The van der Waals surface area contributed by atoms with Gasteiger partial charge < -0.3 is 5.32 Å². The van der Waals surface area contributed by atoms with Gasteiger partial charge in [0.1, 0.15) is 5.82 Å². The molecular weight excluding hydrogens is 310 g/mol. The molecule has 1 atom stereocenters. The van der Waals surface area contributed by atoms with Gasteiger partial charge in [-0.15, -0.1) is 15.3 Å². The van der Waals surface area contributed by atoms with Gasteiger partial charge in [0.05, 0.1) is 0 Å². The van der Waals surface area contributed by atoms with Gasteiger partial charge in [0.2, 0.25) is 0 Å². The first-order valence-electron chi connectivity index (χ1n) is 9.04. The van der Waals surface area contributed by atoms with E-state index in [4.69, 9.17) is 5.10 Å². The summed E-state index contributed by atoms with van der Waals surface area (Å²) in [4.78, 5) is 0. The Balaban J connectivity index is 1.60. The maximum Gasteiger partial charge on any atom is 0.178 e. The average Bonchev–Trinajstić information content (AvgIpc) is 3.33. The molecule has 1 aromatic carbocycles. The standard InChI is InChI=1S/C20H25N5/c1-20(2,3)19-23-22-18-12-11-17(24-25(18)19)21-16(15-9-10-15)13-14-7-5-4-6-8-14/h4-8,11-12,15-16H,9-10,13H2,1-3H3,(H,21,24). The van der Waals surface area contributed by atoms with Crippen molar-refractivity contribution in [3.05, 3.63) is 53.9 Å². The van der Waals surface area contributed by atoms with Gasteiger partial charge in [0.25, 0.3) is 0 Å². The third-order valence-electron chi connectivity index (χ3n) is 4.76. The highest BCUT2D eigenvalue weighted by atomic mass is 15.4. The zero-order chi connectivity index (χ0) is 17.4. The molecule has 1 saturated carbocycles. The van der Waals surface area contributed by atoms with Gasteiger partial charge in [0, 0.05) is 11.5 Å². The van der Waals surface area contributed by atoms with Crippen molar-refractivity contribution in [3.8, 4) is 0 Å². The fraction of sp³-hybridized carbons (Fsp3) is 0.450. The van der Waals surface area contributed by atoms with Crippen LogP contribution in [-0.4, -0.2) is 25.9 Å². The lowest BCUT2D eigenvalue weighted by Gasteiger charge is -2.20. The minimum Gasteiger partial charge on any atom is -0.365 e. The quantitative estimate of drug-likeness (QED) is 0.769. The van der Waals surface area contributed by atoms with Crippen molar-refractivity contribution in [1.29, 1.82) is 0 Å². The lowest BCUT2D eigenvalue weighted by molar-refractivity contribution is 0.526. The van der Waals surface area contributed by atoms with E-state index in [-0.39, 0.29) is 5.41 Å². The van der Waals surface area contributed by atoms with Gasteiger partial charge in [-0.1, -0.05) is 51.1 Å². The summed E-state index contributed by atoms with van der Waals surface area (Å²) in [6, 6.07) is 15.1. The van der Waals surface area contributed by atoms with E-state index in [9.17, 15) is 0 Å². The van der Waals surface area contributed by atoms with Gasteiger partial charge in [0.15, 0.2) is 11.5 Å². The molecule has 1 N–H and O–H groups in total. The van der Waals surface area contributed by atoms with Gasteiger partial charge in [-0.3, -0.25) is 0 Å². The van der Waals surface area contributed by atoms with Crippen molar-refractivity contribution < 1.29 is 0 Å². The Kier molecular flexibility index (Phi) is 3.94.